The molecule has 1 aliphatic heterocycles. The van der Waals surface area contributed by atoms with E-state index >= 15 is 0 Å². The summed E-state index contributed by atoms with van der Waals surface area (Å²) >= 11 is 0. The molecule has 5 heteroatoms. The first-order chi connectivity index (χ1) is 13.2. The van der Waals surface area contributed by atoms with Gasteiger partial charge in [-0.1, -0.05) is 6.07 Å². The summed E-state index contributed by atoms with van der Waals surface area (Å²) in [4.78, 5) is 14.7. The Labute approximate surface area is 161 Å². The number of aryl methyl sites for hydroxylation is 1. The highest BCUT2D eigenvalue weighted by Crippen LogP contribution is 2.25. The predicted octanol–water partition coefficient (Wildman–Crippen LogP) is 4.43. The fourth-order valence-corrected chi connectivity index (χ4v) is 3.39. The minimum Gasteiger partial charge on any atom is -0.495 e. The number of nitrogens with one attached hydrogen (secondary N) is 2. The van der Waals surface area contributed by atoms with E-state index in [0.717, 1.165) is 24.3 Å². The van der Waals surface area contributed by atoms with Gasteiger partial charge in [0.05, 0.1) is 12.8 Å². The first-order valence-electron chi connectivity index (χ1n) is 9.69. The molecule has 5 nitrogen and oxygen atoms in total. The van der Waals surface area contributed by atoms with Gasteiger partial charge in [-0.3, -0.25) is 4.79 Å². The molecule has 0 radical (unpaired) electrons. The lowest BCUT2D eigenvalue weighted by atomic mass is 10.1. The van der Waals surface area contributed by atoms with Gasteiger partial charge in [0.15, 0.2) is 0 Å². The molecule has 0 aromatic heterocycles. The van der Waals surface area contributed by atoms with E-state index in [0.29, 0.717) is 24.4 Å². The highest BCUT2D eigenvalue weighted by atomic mass is 16.5. The van der Waals surface area contributed by atoms with Gasteiger partial charge >= 0.3 is 0 Å². The van der Waals surface area contributed by atoms with Crippen LogP contribution in [-0.2, 0) is 4.79 Å². The fraction of sp³-hybridized carbons (Fsp3) is 0.409. The van der Waals surface area contributed by atoms with Gasteiger partial charge in [-0.15, -0.1) is 0 Å². The summed E-state index contributed by atoms with van der Waals surface area (Å²) in [7, 11) is 1.61. The van der Waals surface area contributed by atoms with Gasteiger partial charge in [0.25, 0.3) is 0 Å². The Hall–Kier alpha value is -2.69. The maximum atomic E-state index is 12.2. The predicted molar refractivity (Wildman–Crippen MR) is 112 cm³/mol. The summed E-state index contributed by atoms with van der Waals surface area (Å²) in [5, 5.41) is 6.25. The van der Waals surface area contributed by atoms with Crippen molar-refractivity contribution in [1.82, 2.24) is 0 Å². The van der Waals surface area contributed by atoms with Gasteiger partial charge in [0.2, 0.25) is 5.91 Å². The number of anilines is 3. The molecule has 1 amide bonds. The van der Waals surface area contributed by atoms with Crippen LogP contribution in [0, 0.1) is 6.92 Å². The van der Waals surface area contributed by atoms with E-state index in [2.05, 4.69) is 39.8 Å². The number of methoxy groups -OCH3 is 1. The summed E-state index contributed by atoms with van der Waals surface area (Å²) in [5.74, 6) is 0.645. The quantitative estimate of drug-likeness (QED) is 0.760. The van der Waals surface area contributed by atoms with E-state index in [1.807, 2.05) is 25.1 Å². The zero-order valence-electron chi connectivity index (χ0n) is 16.3. The summed E-state index contributed by atoms with van der Waals surface area (Å²) in [5.41, 5.74) is 4.12. The average Bonchev–Trinajstić information content (AvgIpc) is 2.69. The van der Waals surface area contributed by atoms with Crippen molar-refractivity contribution in [3.63, 3.8) is 0 Å². The van der Waals surface area contributed by atoms with E-state index in [9.17, 15) is 4.79 Å². The zero-order chi connectivity index (χ0) is 19.1. The molecular formula is C22H29N3O2. The van der Waals surface area contributed by atoms with Crippen molar-refractivity contribution < 1.29 is 9.53 Å². The van der Waals surface area contributed by atoms with E-state index in [1.165, 1.54) is 24.9 Å². The number of carbonyl (C=O) groups is 1. The monoisotopic (exact) mass is 367 g/mol. The second kappa shape index (κ2) is 9.31. The van der Waals surface area contributed by atoms with Crippen molar-refractivity contribution in [1.29, 1.82) is 0 Å². The highest BCUT2D eigenvalue weighted by molar-refractivity contribution is 5.92. The van der Waals surface area contributed by atoms with Gasteiger partial charge in [0.1, 0.15) is 5.75 Å². The Bertz CT molecular complexity index is 753. The van der Waals surface area contributed by atoms with Gasteiger partial charge in [0, 0.05) is 37.4 Å². The molecule has 2 aromatic rings. The maximum Gasteiger partial charge on any atom is 0.226 e. The van der Waals surface area contributed by atoms with Crippen molar-refractivity contribution in [3.8, 4) is 5.75 Å². The minimum absolute atomic E-state index is 0.0312. The molecule has 1 saturated heterocycles. The van der Waals surface area contributed by atoms with E-state index in [4.69, 9.17) is 4.74 Å². The molecule has 3 rings (SSSR count). The number of benzene rings is 2. The number of amides is 1. The van der Waals surface area contributed by atoms with Crippen molar-refractivity contribution in [3.05, 3.63) is 48.0 Å². The molecule has 0 unspecified atom stereocenters. The van der Waals surface area contributed by atoms with Gasteiger partial charge in [-0.2, -0.15) is 0 Å². The largest absolute Gasteiger partial charge is 0.495 e. The summed E-state index contributed by atoms with van der Waals surface area (Å²) < 4.78 is 5.30. The number of carbonyl (C=O) groups excluding carboxylic acids is 1. The van der Waals surface area contributed by atoms with Crippen LogP contribution in [0.15, 0.2) is 42.5 Å². The number of hydrogen-bond donors (Lipinski definition) is 2. The maximum absolute atomic E-state index is 12.2. The molecule has 1 fully saturated rings. The van der Waals surface area contributed by atoms with Crippen LogP contribution in [-0.4, -0.2) is 32.7 Å². The van der Waals surface area contributed by atoms with Crippen molar-refractivity contribution in [2.45, 2.75) is 32.6 Å². The third-order valence-electron chi connectivity index (χ3n) is 4.90. The van der Waals surface area contributed by atoms with Crippen LogP contribution in [0.1, 0.15) is 31.2 Å². The van der Waals surface area contributed by atoms with Crippen molar-refractivity contribution in [2.24, 2.45) is 0 Å². The lowest BCUT2D eigenvalue weighted by Gasteiger charge is -2.28. The van der Waals surface area contributed by atoms with E-state index in [1.54, 1.807) is 7.11 Å². The van der Waals surface area contributed by atoms with Gasteiger partial charge in [-0.25, -0.2) is 0 Å². The number of hydrogen-bond acceptors (Lipinski definition) is 4. The molecule has 0 saturated carbocycles. The number of rotatable bonds is 7. The van der Waals surface area contributed by atoms with Crippen LogP contribution < -0.4 is 20.3 Å². The van der Waals surface area contributed by atoms with Crippen LogP contribution in [0.4, 0.5) is 17.1 Å². The Kier molecular flexibility index (Phi) is 6.58. The topological polar surface area (TPSA) is 53.6 Å². The molecule has 2 N–H and O–H groups in total. The molecule has 0 atom stereocenters. The lowest BCUT2D eigenvalue weighted by molar-refractivity contribution is -0.116. The molecule has 1 heterocycles. The van der Waals surface area contributed by atoms with Crippen LogP contribution in [0.3, 0.4) is 0 Å². The van der Waals surface area contributed by atoms with Crippen LogP contribution in [0.5, 0.6) is 5.75 Å². The third-order valence-corrected chi connectivity index (χ3v) is 4.90. The van der Waals surface area contributed by atoms with E-state index < -0.39 is 0 Å². The average molecular weight is 367 g/mol. The zero-order valence-corrected chi connectivity index (χ0v) is 16.3. The van der Waals surface area contributed by atoms with Crippen molar-refractivity contribution in [2.75, 3.05) is 42.3 Å². The highest BCUT2D eigenvalue weighted by Gasteiger charge is 2.11. The first-order valence-corrected chi connectivity index (χ1v) is 9.69. The summed E-state index contributed by atoms with van der Waals surface area (Å²) in [6, 6.07) is 14.2. The van der Waals surface area contributed by atoms with Gasteiger partial charge < -0.3 is 20.3 Å². The molecule has 0 spiro atoms. The molecule has 0 bridgehead atoms. The smallest absolute Gasteiger partial charge is 0.226 e. The first kappa shape index (κ1) is 19.1. The lowest BCUT2D eigenvalue weighted by Crippen LogP contribution is -2.29. The standard InChI is InChI=1S/C22H29N3O2/c1-17-6-11-21(27-2)20(16-17)24-22(26)12-13-23-18-7-9-19(10-8-18)25-14-4-3-5-15-25/h6-11,16,23H,3-5,12-15H2,1-2H3,(H,24,26). The Balaban J connectivity index is 1.46. The number of ether oxygens (including phenoxy) is 1. The molecule has 1 aliphatic rings. The van der Waals surface area contributed by atoms with Crippen LogP contribution in [0.25, 0.3) is 0 Å². The number of piperidine rings is 1. The number of nitrogens with zero attached hydrogens (tertiary/aromatic N) is 1. The van der Waals surface area contributed by atoms with Crippen LogP contribution in [0.2, 0.25) is 0 Å². The van der Waals surface area contributed by atoms with E-state index in [-0.39, 0.29) is 5.91 Å². The molecular weight excluding hydrogens is 338 g/mol. The molecule has 2 aromatic carbocycles. The van der Waals surface area contributed by atoms with Crippen LogP contribution >= 0.6 is 0 Å². The van der Waals surface area contributed by atoms with Crippen molar-refractivity contribution >= 4 is 23.0 Å². The molecule has 0 aliphatic carbocycles. The minimum atomic E-state index is -0.0312. The Morgan fingerprint density at radius 3 is 2.52 bits per heavy atom. The SMILES string of the molecule is COc1ccc(C)cc1NC(=O)CCNc1ccc(N2CCCCC2)cc1. The molecule has 27 heavy (non-hydrogen) atoms. The summed E-state index contributed by atoms with van der Waals surface area (Å²) in [6.45, 7) is 4.87. The summed E-state index contributed by atoms with van der Waals surface area (Å²) in [6.07, 6.45) is 4.29. The Morgan fingerprint density at radius 2 is 1.81 bits per heavy atom. The normalized spacial score (nSPS) is 13.9. The second-order valence-electron chi connectivity index (χ2n) is 7.02. The fourth-order valence-electron chi connectivity index (χ4n) is 3.39. The van der Waals surface area contributed by atoms with Gasteiger partial charge in [-0.05, 0) is 68.1 Å². The third kappa shape index (κ3) is 5.39. The Morgan fingerprint density at radius 1 is 1.07 bits per heavy atom. The molecule has 144 valence electrons. The second-order valence-corrected chi connectivity index (χ2v) is 7.02.